The number of hydrogen-bond acceptors (Lipinski definition) is 4. The molecule has 0 spiro atoms. The average molecular weight is 482 g/mol. The molecule has 184 valence electrons. The number of rotatable bonds is 9. The summed E-state index contributed by atoms with van der Waals surface area (Å²) in [6.45, 7) is 4.58. The minimum Gasteiger partial charge on any atom is -0.495 e. The molecule has 0 aliphatic rings. The van der Waals surface area contributed by atoms with Gasteiger partial charge in [-0.25, -0.2) is 4.98 Å². The molecule has 1 atom stereocenters. The molecule has 0 saturated heterocycles. The van der Waals surface area contributed by atoms with Gasteiger partial charge in [0.2, 0.25) is 5.91 Å². The van der Waals surface area contributed by atoms with E-state index in [1.54, 1.807) is 23.8 Å². The van der Waals surface area contributed by atoms with Crippen LogP contribution in [0.4, 0.5) is 0 Å². The molecule has 6 nitrogen and oxygen atoms in total. The Morgan fingerprint density at radius 1 is 1.00 bits per heavy atom. The van der Waals surface area contributed by atoms with Crippen molar-refractivity contribution < 1.29 is 9.53 Å². The van der Waals surface area contributed by atoms with E-state index in [4.69, 9.17) is 9.72 Å². The molecular formula is C30H31N3O3. The predicted octanol–water partition coefficient (Wildman–Crippen LogP) is 5.80. The van der Waals surface area contributed by atoms with Crippen molar-refractivity contribution in [2.45, 2.75) is 32.7 Å². The Bertz CT molecular complexity index is 1430. The van der Waals surface area contributed by atoms with Crippen LogP contribution in [0.2, 0.25) is 0 Å². The molecule has 1 aromatic heterocycles. The number of amides is 1. The number of hydrogen-bond donors (Lipinski definition) is 0. The lowest BCUT2D eigenvalue weighted by Gasteiger charge is -2.31. The number of methoxy groups -OCH3 is 1. The number of para-hydroxylation sites is 3. The minimum absolute atomic E-state index is 0.124. The first kappa shape index (κ1) is 24.9. The summed E-state index contributed by atoms with van der Waals surface area (Å²) in [4.78, 5) is 34.1. The number of carbonyl (C=O) groups excluding carboxylic acids is 1. The van der Waals surface area contributed by atoms with E-state index in [2.05, 4.69) is 0 Å². The van der Waals surface area contributed by atoms with E-state index in [1.165, 1.54) is 0 Å². The Labute approximate surface area is 211 Å². The van der Waals surface area contributed by atoms with Gasteiger partial charge in [0.15, 0.2) is 0 Å². The fourth-order valence-corrected chi connectivity index (χ4v) is 4.45. The van der Waals surface area contributed by atoms with Crippen LogP contribution in [0.25, 0.3) is 22.7 Å². The summed E-state index contributed by atoms with van der Waals surface area (Å²) in [6, 6.07) is 24.0. The Balaban J connectivity index is 1.89. The van der Waals surface area contributed by atoms with Crippen LogP contribution in [0.5, 0.6) is 5.75 Å². The molecule has 36 heavy (non-hydrogen) atoms. The summed E-state index contributed by atoms with van der Waals surface area (Å²) >= 11 is 0. The van der Waals surface area contributed by atoms with Gasteiger partial charge in [-0.05, 0) is 48.7 Å². The van der Waals surface area contributed by atoms with Crippen LogP contribution in [0, 0.1) is 0 Å². The highest BCUT2D eigenvalue weighted by atomic mass is 16.5. The van der Waals surface area contributed by atoms with Crippen molar-refractivity contribution >= 4 is 22.9 Å². The van der Waals surface area contributed by atoms with E-state index in [1.807, 2.05) is 97.6 Å². The second-order valence-electron chi connectivity index (χ2n) is 8.50. The molecule has 1 amide bonds. The molecule has 0 N–H and O–H groups in total. The van der Waals surface area contributed by atoms with Crippen molar-refractivity contribution in [1.29, 1.82) is 0 Å². The van der Waals surface area contributed by atoms with Crippen LogP contribution in [0.15, 0.2) is 89.7 Å². The van der Waals surface area contributed by atoms with E-state index in [9.17, 15) is 9.59 Å². The summed E-state index contributed by atoms with van der Waals surface area (Å²) in [5.41, 5.74) is 1.96. The maximum atomic E-state index is 13.8. The van der Waals surface area contributed by atoms with Gasteiger partial charge in [0.1, 0.15) is 11.6 Å². The van der Waals surface area contributed by atoms with E-state index < -0.39 is 6.04 Å². The van der Waals surface area contributed by atoms with Crippen LogP contribution < -0.4 is 10.3 Å². The Hall–Kier alpha value is -4.19. The van der Waals surface area contributed by atoms with Gasteiger partial charge in [-0.15, -0.1) is 0 Å². The molecular weight excluding hydrogens is 450 g/mol. The fraction of sp³-hybridized carbons (Fsp3) is 0.233. The maximum Gasteiger partial charge on any atom is 0.266 e. The molecule has 0 saturated carbocycles. The summed E-state index contributed by atoms with van der Waals surface area (Å²) in [5.74, 6) is 0.951. The van der Waals surface area contributed by atoms with Crippen molar-refractivity contribution in [2.75, 3.05) is 13.7 Å². The first-order valence-corrected chi connectivity index (χ1v) is 12.3. The second-order valence-corrected chi connectivity index (χ2v) is 8.50. The van der Waals surface area contributed by atoms with Crippen molar-refractivity contribution in [3.05, 3.63) is 107 Å². The van der Waals surface area contributed by atoms with Crippen molar-refractivity contribution in [1.82, 2.24) is 14.5 Å². The molecule has 0 aliphatic carbocycles. The highest BCUT2D eigenvalue weighted by Crippen LogP contribution is 2.29. The van der Waals surface area contributed by atoms with Gasteiger partial charge in [0.05, 0.1) is 29.7 Å². The van der Waals surface area contributed by atoms with E-state index in [0.717, 1.165) is 12.0 Å². The summed E-state index contributed by atoms with van der Waals surface area (Å²) in [7, 11) is 1.58. The number of carbonyl (C=O) groups is 1. The van der Waals surface area contributed by atoms with Crippen molar-refractivity contribution in [3.8, 4) is 11.4 Å². The quantitative estimate of drug-likeness (QED) is 0.284. The maximum absolute atomic E-state index is 13.8. The molecule has 1 heterocycles. The lowest BCUT2D eigenvalue weighted by molar-refractivity contribution is -0.128. The fourth-order valence-electron chi connectivity index (χ4n) is 4.45. The molecule has 0 radical (unpaired) electrons. The molecule has 4 rings (SSSR count). The normalized spacial score (nSPS) is 12.1. The standard InChI is InChI=1S/C30H31N3O3/c1-4-21-32(28(34)20-19-22-13-7-6-8-14-22)25(5-2)29-31-24-16-10-9-15-23(24)30(35)33(29)26-17-11-12-18-27(26)36-3/h6-20,25H,4-5,21H2,1-3H3/b20-19+. The number of nitrogens with zero attached hydrogens (tertiary/aromatic N) is 3. The Morgan fingerprint density at radius 3 is 2.42 bits per heavy atom. The average Bonchev–Trinajstić information content (AvgIpc) is 2.92. The smallest absolute Gasteiger partial charge is 0.266 e. The molecule has 3 aromatic carbocycles. The molecule has 0 fully saturated rings. The molecule has 0 bridgehead atoms. The minimum atomic E-state index is -0.417. The topological polar surface area (TPSA) is 64.4 Å². The van der Waals surface area contributed by atoms with Crippen LogP contribution in [0.1, 0.15) is 44.1 Å². The SMILES string of the molecule is CCCN(C(=O)/C=C/c1ccccc1)C(CC)c1nc2ccccc2c(=O)n1-c1ccccc1OC. The third kappa shape index (κ3) is 5.08. The number of fused-ring (bicyclic) bond motifs is 1. The van der Waals surface area contributed by atoms with Crippen molar-refractivity contribution in [2.24, 2.45) is 0 Å². The van der Waals surface area contributed by atoms with Crippen molar-refractivity contribution in [3.63, 3.8) is 0 Å². The number of aromatic nitrogens is 2. The Kier molecular flexibility index (Phi) is 7.95. The first-order valence-electron chi connectivity index (χ1n) is 12.3. The molecule has 0 aliphatic heterocycles. The van der Waals surface area contributed by atoms with Crippen LogP contribution in [0.3, 0.4) is 0 Å². The molecule has 4 aromatic rings. The number of ether oxygens (including phenoxy) is 1. The highest BCUT2D eigenvalue weighted by Gasteiger charge is 2.28. The zero-order chi connectivity index (χ0) is 25.5. The van der Waals surface area contributed by atoms with Gasteiger partial charge in [0.25, 0.3) is 5.56 Å². The van der Waals surface area contributed by atoms with Crippen LogP contribution in [-0.2, 0) is 4.79 Å². The van der Waals surface area contributed by atoms with Gasteiger partial charge >= 0.3 is 0 Å². The van der Waals surface area contributed by atoms with E-state index in [0.29, 0.717) is 41.1 Å². The zero-order valence-corrected chi connectivity index (χ0v) is 20.9. The summed E-state index contributed by atoms with van der Waals surface area (Å²) in [6.07, 6.45) is 4.78. The summed E-state index contributed by atoms with van der Waals surface area (Å²) in [5, 5.41) is 0.513. The Morgan fingerprint density at radius 2 is 1.69 bits per heavy atom. The monoisotopic (exact) mass is 481 g/mol. The van der Waals surface area contributed by atoms with E-state index >= 15 is 0 Å². The van der Waals surface area contributed by atoms with Gasteiger partial charge < -0.3 is 9.64 Å². The summed E-state index contributed by atoms with van der Waals surface area (Å²) < 4.78 is 7.20. The van der Waals surface area contributed by atoms with Gasteiger partial charge in [-0.1, -0.05) is 68.4 Å². The number of benzene rings is 3. The second kappa shape index (κ2) is 11.5. The first-order chi connectivity index (χ1) is 17.6. The third-order valence-corrected chi connectivity index (χ3v) is 6.15. The van der Waals surface area contributed by atoms with Gasteiger partial charge in [-0.2, -0.15) is 0 Å². The third-order valence-electron chi connectivity index (χ3n) is 6.15. The highest BCUT2D eigenvalue weighted by molar-refractivity contribution is 5.92. The van der Waals surface area contributed by atoms with Crippen LogP contribution >= 0.6 is 0 Å². The van der Waals surface area contributed by atoms with Gasteiger partial charge in [0, 0.05) is 12.6 Å². The zero-order valence-electron chi connectivity index (χ0n) is 20.9. The molecule has 6 heteroatoms. The van der Waals surface area contributed by atoms with E-state index in [-0.39, 0.29) is 11.5 Å². The molecule has 1 unspecified atom stereocenters. The van der Waals surface area contributed by atoms with Crippen LogP contribution in [-0.4, -0.2) is 34.0 Å². The lowest BCUT2D eigenvalue weighted by atomic mass is 10.1. The van der Waals surface area contributed by atoms with Gasteiger partial charge in [-0.3, -0.25) is 14.2 Å². The lowest BCUT2D eigenvalue weighted by Crippen LogP contribution is -2.38. The largest absolute Gasteiger partial charge is 0.495 e. The predicted molar refractivity (Wildman–Crippen MR) is 144 cm³/mol.